The van der Waals surface area contributed by atoms with Gasteiger partial charge in [-0.25, -0.2) is 0 Å². The van der Waals surface area contributed by atoms with Crippen molar-refractivity contribution in [2.45, 2.75) is 58.0 Å². The molecule has 3 nitrogen and oxygen atoms in total. The van der Waals surface area contributed by atoms with E-state index in [0.29, 0.717) is 0 Å². The maximum atomic E-state index is 6.09. The van der Waals surface area contributed by atoms with Crippen molar-refractivity contribution in [3.8, 4) is 0 Å². The van der Waals surface area contributed by atoms with Crippen LogP contribution in [0.25, 0.3) is 0 Å². The standard InChI is InChI=1S/C12H26O3Si/c1-5-11-16(4,15-7-3)12(6-2)13-9-8-10-14-12/h5-11H2,1-4H3. The molecule has 4 heteroatoms. The van der Waals surface area contributed by atoms with E-state index in [1.54, 1.807) is 0 Å². The van der Waals surface area contributed by atoms with Crippen LogP contribution in [0.4, 0.5) is 0 Å². The lowest BCUT2D eigenvalue weighted by molar-refractivity contribution is -0.228. The highest BCUT2D eigenvalue weighted by Crippen LogP contribution is 2.36. The molecule has 0 aliphatic carbocycles. The molecule has 1 fully saturated rings. The minimum Gasteiger partial charge on any atom is -0.411 e. The SMILES string of the molecule is CCC[Si](C)(OCC)C1(CC)OCCCO1. The smallest absolute Gasteiger partial charge is 0.254 e. The van der Waals surface area contributed by atoms with Crippen LogP contribution in [0.3, 0.4) is 0 Å². The molecule has 0 saturated carbocycles. The molecule has 16 heavy (non-hydrogen) atoms. The predicted molar refractivity (Wildman–Crippen MR) is 67.9 cm³/mol. The summed E-state index contributed by atoms with van der Waals surface area (Å²) in [5.41, 5.74) is -0.405. The van der Waals surface area contributed by atoms with Crippen LogP contribution in [0.15, 0.2) is 0 Å². The Bertz CT molecular complexity index is 196. The molecule has 1 unspecified atom stereocenters. The molecule has 0 aromatic heterocycles. The highest BCUT2D eigenvalue weighted by atomic mass is 28.4. The van der Waals surface area contributed by atoms with Crippen molar-refractivity contribution in [2.75, 3.05) is 19.8 Å². The average Bonchev–Trinajstić information content (AvgIpc) is 2.30. The normalized spacial score (nSPS) is 24.0. The molecule has 1 atom stereocenters. The van der Waals surface area contributed by atoms with Crippen LogP contribution in [-0.4, -0.2) is 33.5 Å². The first-order valence-electron chi connectivity index (χ1n) is 6.56. The van der Waals surface area contributed by atoms with Crippen molar-refractivity contribution in [3.63, 3.8) is 0 Å². The van der Waals surface area contributed by atoms with Gasteiger partial charge < -0.3 is 13.9 Å². The van der Waals surface area contributed by atoms with Crippen LogP contribution < -0.4 is 0 Å². The van der Waals surface area contributed by atoms with Crippen LogP contribution >= 0.6 is 0 Å². The zero-order chi connectivity index (χ0) is 12.1. The van der Waals surface area contributed by atoms with Gasteiger partial charge in [0.15, 0.2) is 5.41 Å². The maximum Gasteiger partial charge on any atom is 0.254 e. The zero-order valence-electron chi connectivity index (χ0n) is 11.2. The molecule has 0 aromatic rings. The van der Waals surface area contributed by atoms with Crippen molar-refractivity contribution in [1.29, 1.82) is 0 Å². The first-order chi connectivity index (χ1) is 7.64. The van der Waals surface area contributed by atoms with Gasteiger partial charge in [-0.05, 0) is 32.4 Å². The van der Waals surface area contributed by atoms with Crippen molar-refractivity contribution < 1.29 is 13.9 Å². The summed E-state index contributed by atoms with van der Waals surface area (Å²) in [6.07, 6.45) is 3.04. The molecule has 0 aromatic carbocycles. The van der Waals surface area contributed by atoms with E-state index in [1.165, 1.54) is 0 Å². The lowest BCUT2D eigenvalue weighted by atomic mass is 10.4. The largest absolute Gasteiger partial charge is 0.411 e. The summed E-state index contributed by atoms with van der Waals surface area (Å²) >= 11 is 0. The third-order valence-corrected chi connectivity index (χ3v) is 8.05. The lowest BCUT2D eigenvalue weighted by Gasteiger charge is -2.47. The fourth-order valence-electron chi connectivity index (χ4n) is 2.63. The van der Waals surface area contributed by atoms with Gasteiger partial charge in [0, 0.05) is 6.61 Å². The van der Waals surface area contributed by atoms with Gasteiger partial charge in [0.2, 0.25) is 0 Å². The first-order valence-corrected chi connectivity index (χ1v) is 9.17. The summed E-state index contributed by atoms with van der Waals surface area (Å²) in [7, 11) is -1.94. The van der Waals surface area contributed by atoms with Gasteiger partial charge in [0.25, 0.3) is 8.32 Å². The second-order valence-electron chi connectivity index (χ2n) is 4.57. The topological polar surface area (TPSA) is 27.7 Å². The quantitative estimate of drug-likeness (QED) is 0.674. The Labute approximate surface area is 101 Å². The Morgan fingerprint density at radius 3 is 2.25 bits per heavy atom. The first kappa shape index (κ1) is 14.2. The van der Waals surface area contributed by atoms with Gasteiger partial charge in [-0.15, -0.1) is 0 Å². The maximum absolute atomic E-state index is 6.09. The zero-order valence-corrected chi connectivity index (χ0v) is 12.2. The number of rotatable bonds is 6. The van der Waals surface area contributed by atoms with E-state index >= 15 is 0 Å². The Hall–Kier alpha value is 0.0969. The lowest BCUT2D eigenvalue weighted by Crippen LogP contribution is -2.63. The third-order valence-electron chi connectivity index (χ3n) is 3.42. The molecule has 1 heterocycles. The Morgan fingerprint density at radius 2 is 1.81 bits per heavy atom. The second kappa shape index (κ2) is 6.14. The minimum atomic E-state index is -1.94. The molecule has 1 aliphatic rings. The number of hydrogen-bond acceptors (Lipinski definition) is 3. The van der Waals surface area contributed by atoms with E-state index in [1.807, 2.05) is 0 Å². The number of hydrogen-bond donors (Lipinski definition) is 0. The number of ether oxygens (including phenoxy) is 2. The van der Waals surface area contributed by atoms with Crippen LogP contribution in [0.2, 0.25) is 12.6 Å². The van der Waals surface area contributed by atoms with E-state index in [9.17, 15) is 0 Å². The van der Waals surface area contributed by atoms with Crippen LogP contribution in [0, 0.1) is 0 Å². The molecule has 0 bridgehead atoms. The van der Waals surface area contributed by atoms with Gasteiger partial charge in [-0.3, -0.25) is 0 Å². The van der Waals surface area contributed by atoms with Gasteiger partial charge in [0.05, 0.1) is 13.2 Å². The molecular weight excluding hydrogens is 220 g/mol. The van der Waals surface area contributed by atoms with E-state index < -0.39 is 13.7 Å². The van der Waals surface area contributed by atoms with E-state index in [0.717, 1.165) is 45.1 Å². The summed E-state index contributed by atoms with van der Waals surface area (Å²) in [6.45, 7) is 11.1. The van der Waals surface area contributed by atoms with Crippen molar-refractivity contribution >= 4 is 8.32 Å². The van der Waals surface area contributed by atoms with Gasteiger partial charge in [-0.1, -0.05) is 20.3 Å². The highest BCUT2D eigenvalue weighted by Gasteiger charge is 2.53. The third kappa shape index (κ3) is 2.67. The van der Waals surface area contributed by atoms with Gasteiger partial charge >= 0.3 is 0 Å². The molecule has 1 aliphatic heterocycles. The Kier molecular flexibility index (Phi) is 5.44. The summed E-state index contributed by atoms with van der Waals surface area (Å²) < 4.78 is 18.1. The summed E-state index contributed by atoms with van der Waals surface area (Å²) in [4.78, 5) is 0. The molecule has 0 amide bonds. The fourth-order valence-corrected chi connectivity index (χ4v) is 6.53. The van der Waals surface area contributed by atoms with Gasteiger partial charge in [0.1, 0.15) is 0 Å². The summed E-state index contributed by atoms with van der Waals surface area (Å²) in [6, 6.07) is 1.11. The highest BCUT2D eigenvalue weighted by molar-refractivity contribution is 6.75. The van der Waals surface area contributed by atoms with Gasteiger partial charge in [-0.2, -0.15) is 0 Å². The molecule has 96 valence electrons. The minimum absolute atomic E-state index is 0.405. The van der Waals surface area contributed by atoms with E-state index in [-0.39, 0.29) is 0 Å². The van der Waals surface area contributed by atoms with Crippen molar-refractivity contribution in [1.82, 2.24) is 0 Å². The second-order valence-corrected chi connectivity index (χ2v) is 8.58. The average molecular weight is 246 g/mol. The fraction of sp³-hybridized carbons (Fsp3) is 1.00. The van der Waals surface area contributed by atoms with Crippen LogP contribution in [0.5, 0.6) is 0 Å². The Morgan fingerprint density at radius 1 is 1.19 bits per heavy atom. The van der Waals surface area contributed by atoms with Crippen molar-refractivity contribution in [2.24, 2.45) is 0 Å². The Balaban J connectivity index is 2.86. The molecule has 0 radical (unpaired) electrons. The molecular formula is C12H26O3Si. The molecule has 1 saturated heterocycles. The summed E-state index contributed by atoms with van der Waals surface area (Å²) in [5.74, 6) is 0. The van der Waals surface area contributed by atoms with Crippen LogP contribution in [0.1, 0.15) is 40.0 Å². The van der Waals surface area contributed by atoms with Crippen molar-refractivity contribution in [3.05, 3.63) is 0 Å². The van der Waals surface area contributed by atoms with E-state index in [4.69, 9.17) is 13.9 Å². The summed E-state index contributed by atoms with van der Waals surface area (Å²) in [5, 5.41) is 0. The molecule has 0 spiro atoms. The molecule has 1 rings (SSSR count). The predicted octanol–water partition coefficient (Wildman–Crippen LogP) is 3.09. The molecule has 0 N–H and O–H groups in total. The van der Waals surface area contributed by atoms with E-state index in [2.05, 4.69) is 27.3 Å². The van der Waals surface area contributed by atoms with Crippen LogP contribution in [-0.2, 0) is 13.9 Å². The monoisotopic (exact) mass is 246 g/mol.